The van der Waals surface area contributed by atoms with Crippen molar-refractivity contribution in [3.05, 3.63) is 12.2 Å². The van der Waals surface area contributed by atoms with Crippen LogP contribution in [0, 0.1) is 0 Å². The standard InChI is InChI=1S/C17H24O8/c1-16(2)20-8-10(23-16)12-13(21-11-6-5-9(18)7-19-11)14-15(22-12)25-17(3,4)24-14/h5-6,10-15H,7-8H2,1-4H3/t10-,11-,12-,13+,14-,15-/m1/s1. The van der Waals surface area contributed by atoms with Gasteiger partial charge in [-0.05, 0) is 39.8 Å². The predicted molar refractivity (Wildman–Crippen MR) is 82.4 cm³/mol. The fourth-order valence-corrected chi connectivity index (χ4v) is 3.53. The lowest BCUT2D eigenvalue weighted by Gasteiger charge is -2.31. The zero-order valence-corrected chi connectivity index (χ0v) is 14.8. The van der Waals surface area contributed by atoms with Gasteiger partial charge in [0.2, 0.25) is 0 Å². The van der Waals surface area contributed by atoms with Crippen LogP contribution in [0.3, 0.4) is 0 Å². The summed E-state index contributed by atoms with van der Waals surface area (Å²) in [4.78, 5) is 11.3. The minimum atomic E-state index is -0.757. The maximum Gasteiger partial charge on any atom is 0.190 e. The molecule has 0 amide bonds. The quantitative estimate of drug-likeness (QED) is 0.737. The van der Waals surface area contributed by atoms with Crippen LogP contribution in [0.1, 0.15) is 27.7 Å². The molecule has 8 nitrogen and oxygen atoms in total. The second-order valence-electron chi connectivity index (χ2n) is 7.54. The molecule has 25 heavy (non-hydrogen) atoms. The van der Waals surface area contributed by atoms with Crippen molar-refractivity contribution in [1.29, 1.82) is 0 Å². The molecule has 0 aromatic heterocycles. The molecule has 4 aliphatic heterocycles. The van der Waals surface area contributed by atoms with Crippen molar-refractivity contribution < 1.29 is 38.0 Å². The Morgan fingerprint density at radius 3 is 2.52 bits per heavy atom. The van der Waals surface area contributed by atoms with Gasteiger partial charge < -0.3 is 33.2 Å². The predicted octanol–water partition coefficient (Wildman–Crippen LogP) is 0.881. The molecule has 0 spiro atoms. The van der Waals surface area contributed by atoms with Gasteiger partial charge in [0, 0.05) is 0 Å². The zero-order valence-electron chi connectivity index (χ0n) is 14.8. The lowest BCUT2D eigenvalue weighted by molar-refractivity contribution is -0.249. The largest absolute Gasteiger partial charge is 0.348 e. The molecule has 3 fully saturated rings. The highest BCUT2D eigenvalue weighted by molar-refractivity contribution is 5.91. The Hall–Kier alpha value is -0.870. The molecular formula is C17H24O8. The van der Waals surface area contributed by atoms with E-state index in [1.807, 2.05) is 27.7 Å². The Labute approximate surface area is 146 Å². The van der Waals surface area contributed by atoms with Crippen LogP contribution in [-0.4, -0.2) is 67.6 Å². The highest BCUT2D eigenvalue weighted by atomic mass is 16.9. The van der Waals surface area contributed by atoms with Gasteiger partial charge in [-0.2, -0.15) is 0 Å². The second kappa shape index (κ2) is 6.09. The highest BCUT2D eigenvalue weighted by Gasteiger charge is 2.59. The number of carbonyl (C=O) groups is 1. The van der Waals surface area contributed by atoms with E-state index in [0.717, 1.165) is 0 Å². The highest BCUT2D eigenvalue weighted by Crippen LogP contribution is 2.42. The second-order valence-corrected chi connectivity index (χ2v) is 7.54. The Kier molecular flexibility index (Phi) is 4.27. The van der Waals surface area contributed by atoms with Crippen LogP contribution in [0.25, 0.3) is 0 Å². The van der Waals surface area contributed by atoms with E-state index in [1.165, 1.54) is 6.08 Å². The molecule has 0 unspecified atom stereocenters. The monoisotopic (exact) mass is 356 g/mol. The van der Waals surface area contributed by atoms with Gasteiger partial charge in [-0.25, -0.2) is 0 Å². The normalized spacial score (nSPS) is 45.0. The van der Waals surface area contributed by atoms with Crippen molar-refractivity contribution in [3.63, 3.8) is 0 Å². The van der Waals surface area contributed by atoms with Gasteiger partial charge >= 0.3 is 0 Å². The summed E-state index contributed by atoms with van der Waals surface area (Å²) in [6.45, 7) is 7.75. The molecule has 0 saturated carbocycles. The van der Waals surface area contributed by atoms with E-state index in [4.69, 9.17) is 33.2 Å². The number of rotatable bonds is 3. The molecule has 0 N–H and O–H groups in total. The van der Waals surface area contributed by atoms with Crippen molar-refractivity contribution in [1.82, 2.24) is 0 Å². The summed E-state index contributed by atoms with van der Waals surface area (Å²) in [6.07, 6.45) is 0.232. The topological polar surface area (TPSA) is 81.7 Å². The smallest absolute Gasteiger partial charge is 0.190 e. The van der Waals surface area contributed by atoms with Crippen LogP contribution < -0.4 is 0 Å². The zero-order chi connectivity index (χ0) is 17.8. The Bertz CT molecular complexity index is 571. The molecule has 0 radical (unpaired) electrons. The van der Waals surface area contributed by atoms with Gasteiger partial charge in [0.25, 0.3) is 0 Å². The molecule has 8 heteroatoms. The van der Waals surface area contributed by atoms with Gasteiger partial charge in [-0.15, -0.1) is 0 Å². The van der Waals surface area contributed by atoms with Crippen molar-refractivity contribution in [2.24, 2.45) is 0 Å². The van der Waals surface area contributed by atoms with Crippen LogP contribution in [0.2, 0.25) is 0 Å². The minimum absolute atomic E-state index is 0.00751. The van der Waals surface area contributed by atoms with Crippen LogP contribution in [0.15, 0.2) is 12.2 Å². The molecule has 6 atom stereocenters. The molecule has 140 valence electrons. The van der Waals surface area contributed by atoms with E-state index in [2.05, 4.69) is 0 Å². The van der Waals surface area contributed by atoms with Gasteiger partial charge in [-0.1, -0.05) is 0 Å². The molecule has 4 heterocycles. The van der Waals surface area contributed by atoms with E-state index in [1.54, 1.807) is 6.08 Å². The van der Waals surface area contributed by atoms with Crippen LogP contribution in [0.4, 0.5) is 0 Å². The fourth-order valence-electron chi connectivity index (χ4n) is 3.53. The lowest BCUT2D eigenvalue weighted by atomic mass is 10.1. The minimum Gasteiger partial charge on any atom is -0.348 e. The summed E-state index contributed by atoms with van der Waals surface area (Å²) in [5.41, 5.74) is 0. The Balaban J connectivity index is 1.52. The molecular weight excluding hydrogens is 332 g/mol. The molecule has 3 saturated heterocycles. The maximum atomic E-state index is 11.3. The number of ether oxygens (including phenoxy) is 7. The van der Waals surface area contributed by atoms with Gasteiger partial charge in [-0.3, -0.25) is 4.79 Å². The van der Waals surface area contributed by atoms with Crippen LogP contribution >= 0.6 is 0 Å². The Morgan fingerprint density at radius 2 is 1.88 bits per heavy atom. The summed E-state index contributed by atoms with van der Waals surface area (Å²) >= 11 is 0. The van der Waals surface area contributed by atoms with E-state index in [0.29, 0.717) is 6.61 Å². The van der Waals surface area contributed by atoms with Crippen molar-refractivity contribution in [3.8, 4) is 0 Å². The maximum absolute atomic E-state index is 11.3. The number of fused-ring (bicyclic) bond motifs is 1. The van der Waals surface area contributed by atoms with E-state index < -0.39 is 42.5 Å². The van der Waals surface area contributed by atoms with Gasteiger partial charge in [0.1, 0.15) is 31.0 Å². The number of hydrogen-bond donors (Lipinski definition) is 0. The van der Waals surface area contributed by atoms with Gasteiger partial charge in [0.05, 0.1) is 6.61 Å². The third-order valence-electron chi connectivity index (χ3n) is 4.54. The fraction of sp³-hybridized carbons (Fsp3) is 0.824. The molecule has 0 aromatic carbocycles. The summed E-state index contributed by atoms with van der Waals surface area (Å²) < 4.78 is 40.9. The third-order valence-corrected chi connectivity index (χ3v) is 4.54. The molecule has 0 aromatic rings. The first-order chi connectivity index (χ1) is 11.7. The van der Waals surface area contributed by atoms with E-state index in [9.17, 15) is 4.79 Å². The first-order valence-electron chi connectivity index (χ1n) is 8.53. The molecule has 0 bridgehead atoms. The van der Waals surface area contributed by atoms with Crippen molar-refractivity contribution >= 4 is 5.78 Å². The number of ketones is 1. The SMILES string of the molecule is CC1(C)O[C@H]2O[C@H]([C@H]3COC(C)(C)O3)[C@H](O[C@@H]3C=CC(=O)CO3)[C@H]2O1. The summed E-state index contributed by atoms with van der Waals surface area (Å²) in [5.74, 6) is -1.52. The van der Waals surface area contributed by atoms with Crippen molar-refractivity contribution in [2.45, 2.75) is 76.3 Å². The van der Waals surface area contributed by atoms with E-state index in [-0.39, 0.29) is 18.5 Å². The summed E-state index contributed by atoms with van der Waals surface area (Å²) in [7, 11) is 0. The first-order valence-corrected chi connectivity index (χ1v) is 8.53. The molecule has 0 aliphatic carbocycles. The average molecular weight is 356 g/mol. The molecule has 4 rings (SSSR count). The van der Waals surface area contributed by atoms with Crippen LogP contribution in [0.5, 0.6) is 0 Å². The van der Waals surface area contributed by atoms with Crippen molar-refractivity contribution in [2.75, 3.05) is 13.2 Å². The lowest BCUT2D eigenvalue weighted by Crippen LogP contribution is -2.46. The average Bonchev–Trinajstić information content (AvgIpc) is 3.12. The Morgan fingerprint density at radius 1 is 1.08 bits per heavy atom. The molecule has 4 aliphatic rings. The third kappa shape index (κ3) is 3.52. The summed E-state index contributed by atoms with van der Waals surface area (Å²) in [6, 6.07) is 0. The van der Waals surface area contributed by atoms with Gasteiger partial charge in [0.15, 0.2) is 29.9 Å². The van der Waals surface area contributed by atoms with Crippen LogP contribution in [-0.2, 0) is 38.0 Å². The summed E-state index contributed by atoms with van der Waals surface area (Å²) in [5, 5.41) is 0. The number of hydrogen-bond acceptors (Lipinski definition) is 8. The number of carbonyl (C=O) groups excluding carboxylic acids is 1. The first kappa shape index (κ1) is 17.5. The van der Waals surface area contributed by atoms with E-state index >= 15 is 0 Å².